The minimum Gasteiger partial charge on any atom is -0.493 e. The Bertz CT molecular complexity index is 1630. The standard InChI is InChI=1S/C31H28ClN3O6/c1-39-23-13-16(14-24(40-2)27(23)41-3)26(36)25-22-9-6-12-35(22)31(19-15-17(32)10-11-21(19)34-29(31)38)30(25)18-7-4-5-8-20(18)33-28(30)37/h4-5,7-8,10-11,13-15,22,25H,6,9,12H2,1-3H3,(H,33,37)(H,34,38)/t22-,25-,30+,31-/m0/s1. The molecule has 2 spiro atoms. The summed E-state index contributed by atoms with van der Waals surface area (Å²) in [5.74, 6) is -0.912. The lowest BCUT2D eigenvalue weighted by Crippen LogP contribution is -2.62. The van der Waals surface area contributed by atoms with Gasteiger partial charge >= 0.3 is 0 Å². The number of hydrogen-bond acceptors (Lipinski definition) is 7. The Morgan fingerprint density at radius 2 is 1.59 bits per heavy atom. The highest BCUT2D eigenvalue weighted by atomic mass is 35.5. The van der Waals surface area contributed by atoms with Gasteiger partial charge in [0.25, 0.3) is 5.91 Å². The van der Waals surface area contributed by atoms with E-state index in [1.54, 1.807) is 30.3 Å². The molecule has 2 fully saturated rings. The molecular weight excluding hydrogens is 546 g/mol. The molecule has 0 aromatic heterocycles. The average molecular weight is 574 g/mol. The molecule has 4 aliphatic rings. The highest BCUT2D eigenvalue weighted by Crippen LogP contribution is 2.68. The van der Waals surface area contributed by atoms with Gasteiger partial charge in [-0.3, -0.25) is 19.3 Å². The number of amides is 2. The van der Waals surface area contributed by atoms with Crippen molar-refractivity contribution < 1.29 is 28.6 Å². The average Bonchev–Trinajstić information content (AvgIpc) is 3.70. The molecule has 0 radical (unpaired) electrons. The summed E-state index contributed by atoms with van der Waals surface area (Å²) in [4.78, 5) is 46.1. The summed E-state index contributed by atoms with van der Waals surface area (Å²) < 4.78 is 16.6. The lowest BCUT2D eigenvalue weighted by molar-refractivity contribution is -0.137. The van der Waals surface area contributed by atoms with Gasteiger partial charge in [-0.15, -0.1) is 0 Å². The minimum absolute atomic E-state index is 0.284. The van der Waals surface area contributed by atoms with E-state index in [-0.39, 0.29) is 17.6 Å². The zero-order chi connectivity index (χ0) is 28.7. The first-order valence-corrected chi connectivity index (χ1v) is 13.9. The Balaban J connectivity index is 1.55. The van der Waals surface area contributed by atoms with Crippen molar-refractivity contribution >= 4 is 40.6 Å². The fraction of sp³-hybridized carbons (Fsp3) is 0.323. The van der Waals surface area contributed by atoms with Crippen LogP contribution in [0.2, 0.25) is 5.02 Å². The third-order valence-corrected chi connectivity index (χ3v) is 9.53. The number of rotatable bonds is 5. The Morgan fingerprint density at radius 3 is 2.29 bits per heavy atom. The van der Waals surface area contributed by atoms with Crippen LogP contribution in [-0.2, 0) is 20.5 Å². The van der Waals surface area contributed by atoms with Gasteiger partial charge in [0.05, 0.1) is 27.2 Å². The number of anilines is 2. The number of nitrogens with one attached hydrogen (secondary N) is 2. The molecule has 0 saturated carbocycles. The normalized spacial score (nSPS) is 27.4. The van der Waals surface area contributed by atoms with E-state index in [0.717, 1.165) is 6.42 Å². The van der Waals surface area contributed by atoms with E-state index in [4.69, 9.17) is 25.8 Å². The minimum atomic E-state index is -1.58. The van der Waals surface area contributed by atoms with Gasteiger partial charge in [-0.1, -0.05) is 29.8 Å². The number of Topliss-reactive ketones (excluding diaryl/α,β-unsaturated/α-hetero) is 1. The molecule has 3 aromatic carbocycles. The smallest absolute Gasteiger partial charge is 0.251 e. The second-order valence-electron chi connectivity index (χ2n) is 10.8. The number of fused-ring (bicyclic) bond motifs is 7. The molecule has 210 valence electrons. The van der Waals surface area contributed by atoms with Crippen molar-refractivity contribution in [2.75, 3.05) is 38.5 Å². The van der Waals surface area contributed by atoms with Crippen molar-refractivity contribution in [1.82, 2.24) is 4.90 Å². The number of benzene rings is 3. The first kappa shape index (κ1) is 25.9. The molecule has 0 aliphatic carbocycles. The van der Waals surface area contributed by atoms with Crippen LogP contribution in [0.15, 0.2) is 54.6 Å². The predicted octanol–water partition coefficient (Wildman–Crippen LogP) is 4.38. The van der Waals surface area contributed by atoms with Crippen LogP contribution < -0.4 is 24.8 Å². The Morgan fingerprint density at radius 1 is 0.902 bits per heavy atom. The molecule has 3 aromatic rings. The predicted molar refractivity (Wildman–Crippen MR) is 152 cm³/mol. The molecule has 10 heteroatoms. The number of halogens is 1. The van der Waals surface area contributed by atoms with E-state index in [2.05, 4.69) is 15.5 Å². The fourth-order valence-electron chi connectivity index (χ4n) is 7.95. The second kappa shape index (κ2) is 8.96. The van der Waals surface area contributed by atoms with Crippen LogP contribution in [0.1, 0.15) is 34.3 Å². The van der Waals surface area contributed by atoms with Gasteiger partial charge in [0.15, 0.2) is 17.3 Å². The van der Waals surface area contributed by atoms with Crippen molar-refractivity contribution in [2.45, 2.75) is 29.8 Å². The maximum Gasteiger partial charge on any atom is 0.251 e. The summed E-state index contributed by atoms with van der Waals surface area (Å²) in [7, 11) is 4.47. The molecule has 2 saturated heterocycles. The molecule has 4 aliphatic heterocycles. The van der Waals surface area contributed by atoms with Crippen LogP contribution in [0, 0.1) is 5.92 Å². The number of ketones is 1. The van der Waals surface area contributed by atoms with E-state index in [0.29, 0.717) is 63.3 Å². The molecule has 0 unspecified atom stereocenters. The van der Waals surface area contributed by atoms with Gasteiger partial charge in [0, 0.05) is 33.6 Å². The van der Waals surface area contributed by atoms with Crippen LogP contribution >= 0.6 is 11.6 Å². The third-order valence-electron chi connectivity index (χ3n) is 9.29. The molecular formula is C31H28ClN3O6. The van der Waals surface area contributed by atoms with E-state index < -0.39 is 22.9 Å². The van der Waals surface area contributed by atoms with Crippen LogP contribution in [-0.4, -0.2) is 56.4 Å². The van der Waals surface area contributed by atoms with Crippen molar-refractivity contribution in [1.29, 1.82) is 0 Å². The van der Waals surface area contributed by atoms with Crippen LogP contribution in [0.5, 0.6) is 17.2 Å². The monoisotopic (exact) mass is 573 g/mol. The highest BCUT2D eigenvalue weighted by Gasteiger charge is 2.81. The number of nitrogens with zero attached hydrogens (tertiary/aromatic N) is 1. The zero-order valence-corrected chi connectivity index (χ0v) is 23.5. The number of carbonyl (C=O) groups is 3. The van der Waals surface area contributed by atoms with Gasteiger partial charge in [0.1, 0.15) is 11.0 Å². The molecule has 4 heterocycles. The first-order chi connectivity index (χ1) is 19.8. The van der Waals surface area contributed by atoms with Crippen molar-refractivity contribution in [3.8, 4) is 17.2 Å². The molecule has 0 bridgehead atoms. The van der Waals surface area contributed by atoms with Crippen LogP contribution in [0.4, 0.5) is 11.4 Å². The van der Waals surface area contributed by atoms with Crippen LogP contribution in [0.3, 0.4) is 0 Å². The Kier molecular flexibility index (Phi) is 5.65. The van der Waals surface area contributed by atoms with E-state index in [1.165, 1.54) is 21.3 Å². The van der Waals surface area contributed by atoms with Crippen LogP contribution in [0.25, 0.3) is 0 Å². The second-order valence-corrected chi connectivity index (χ2v) is 11.3. The zero-order valence-electron chi connectivity index (χ0n) is 22.7. The Hall–Kier alpha value is -4.08. The number of carbonyl (C=O) groups excluding carboxylic acids is 3. The summed E-state index contributed by atoms with van der Waals surface area (Å²) in [5, 5.41) is 6.51. The summed E-state index contributed by atoms with van der Waals surface area (Å²) in [6.07, 6.45) is 1.41. The van der Waals surface area contributed by atoms with Crippen molar-refractivity contribution in [3.63, 3.8) is 0 Å². The number of methoxy groups -OCH3 is 3. The largest absolute Gasteiger partial charge is 0.493 e. The number of ether oxygens (including phenoxy) is 3. The maximum atomic E-state index is 15.0. The lowest BCUT2D eigenvalue weighted by atomic mass is 9.57. The summed E-state index contributed by atoms with van der Waals surface area (Å²) in [6.45, 7) is 0.542. The number of para-hydroxylation sites is 1. The summed E-state index contributed by atoms with van der Waals surface area (Å²) >= 11 is 6.53. The number of hydrogen-bond donors (Lipinski definition) is 2. The van der Waals surface area contributed by atoms with E-state index in [1.807, 2.05) is 24.3 Å². The van der Waals surface area contributed by atoms with E-state index >= 15 is 0 Å². The molecule has 41 heavy (non-hydrogen) atoms. The third kappa shape index (κ3) is 3.02. The fourth-order valence-corrected chi connectivity index (χ4v) is 8.13. The van der Waals surface area contributed by atoms with E-state index in [9.17, 15) is 14.4 Å². The van der Waals surface area contributed by atoms with Crippen molar-refractivity contribution in [3.05, 3.63) is 76.3 Å². The van der Waals surface area contributed by atoms with Crippen molar-refractivity contribution in [2.24, 2.45) is 5.92 Å². The lowest BCUT2D eigenvalue weighted by Gasteiger charge is -2.43. The van der Waals surface area contributed by atoms with Gasteiger partial charge in [0.2, 0.25) is 11.7 Å². The quantitative estimate of drug-likeness (QED) is 0.436. The first-order valence-electron chi connectivity index (χ1n) is 13.5. The molecule has 9 nitrogen and oxygen atoms in total. The highest BCUT2D eigenvalue weighted by molar-refractivity contribution is 6.31. The van der Waals surface area contributed by atoms with Gasteiger partial charge < -0.3 is 24.8 Å². The van der Waals surface area contributed by atoms with Gasteiger partial charge in [-0.2, -0.15) is 0 Å². The van der Waals surface area contributed by atoms with Gasteiger partial charge in [-0.25, -0.2) is 0 Å². The topological polar surface area (TPSA) is 106 Å². The molecule has 4 atom stereocenters. The summed E-state index contributed by atoms with van der Waals surface area (Å²) in [6, 6.07) is 15.4. The molecule has 7 rings (SSSR count). The SMILES string of the molecule is COc1cc(C(=O)[C@@H]2[C@@H]3CCCN3[C@@]3(C(=O)Nc4ccc(Cl)cc43)[C@@]23C(=O)Nc2ccccc23)cc(OC)c1OC. The summed E-state index contributed by atoms with van der Waals surface area (Å²) in [5.41, 5.74) is -0.374. The molecule has 2 N–H and O–H groups in total. The maximum absolute atomic E-state index is 15.0. The molecule has 2 amide bonds. The van der Waals surface area contributed by atoms with Gasteiger partial charge in [-0.05, 0) is 61.3 Å². The Labute approximate surface area is 241 Å².